The molecule has 1 N–H and O–H groups in total. The molecule has 0 aliphatic heterocycles. The number of carboxylic acids is 1. The third-order valence-electron chi connectivity index (χ3n) is 3.15. The molecule has 21 heavy (non-hydrogen) atoms. The van der Waals surface area contributed by atoms with Crippen LogP contribution in [0.15, 0.2) is 12.4 Å². The Balaban J connectivity index is 2.32. The van der Waals surface area contributed by atoms with Crippen LogP contribution in [0.5, 0.6) is 0 Å². The molecule has 7 heteroatoms. The van der Waals surface area contributed by atoms with Crippen molar-refractivity contribution in [3.63, 3.8) is 0 Å². The van der Waals surface area contributed by atoms with Crippen molar-refractivity contribution >= 4 is 22.4 Å². The molecule has 2 aromatic rings. The van der Waals surface area contributed by atoms with Gasteiger partial charge >= 0.3 is 5.97 Å². The van der Waals surface area contributed by atoms with Crippen LogP contribution in [0.1, 0.15) is 42.0 Å². The van der Waals surface area contributed by atoms with Crippen molar-refractivity contribution in [1.29, 1.82) is 0 Å². The van der Waals surface area contributed by atoms with Gasteiger partial charge in [-0.15, -0.1) is 0 Å². The lowest BCUT2D eigenvalue weighted by Gasteiger charge is -2.17. The van der Waals surface area contributed by atoms with Gasteiger partial charge in [0, 0.05) is 31.9 Å². The van der Waals surface area contributed by atoms with Crippen molar-refractivity contribution < 1.29 is 9.90 Å². The Bertz CT molecular complexity index is 654. The van der Waals surface area contributed by atoms with Gasteiger partial charge in [-0.25, -0.2) is 14.8 Å². The predicted octanol–water partition coefficient (Wildman–Crippen LogP) is 2.51. The van der Waals surface area contributed by atoms with Gasteiger partial charge in [0.25, 0.3) is 0 Å². The maximum atomic E-state index is 11.4. The number of nitrogens with zero attached hydrogens (tertiary/aromatic N) is 4. The van der Waals surface area contributed by atoms with Crippen LogP contribution in [-0.2, 0) is 19.0 Å². The van der Waals surface area contributed by atoms with Crippen LogP contribution in [0.4, 0.5) is 5.13 Å². The maximum Gasteiger partial charge on any atom is 0.347 e. The Morgan fingerprint density at radius 3 is 2.57 bits per heavy atom. The van der Waals surface area contributed by atoms with Crippen molar-refractivity contribution in [3.05, 3.63) is 28.8 Å². The molecule has 6 nitrogen and oxygen atoms in total. The van der Waals surface area contributed by atoms with E-state index in [9.17, 15) is 9.90 Å². The molecule has 114 valence electrons. The molecule has 0 unspecified atom stereocenters. The minimum atomic E-state index is -0.922. The van der Waals surface area contributed by atoms with E-state index >= 15 is 0 Å². The molecule has 0 aromatic carbocycles. The SMILES string of the molecule is CN(Cc1nccn1C)c1nc(C(C)(C)C)c(C(=O)O)s1. The zero-order chi connectivity index (χ0) is 15.8. The fourth-order valence-corrected chi connectivity index (χ4v) is 3.03. The number of hydrogen-bond acceptors (Lipinski definition) is 5. The summed E-state index contributed by atoms with van der Waals surface area (Å²) >= 11 is 1.21. The van der Waals surface area contributed by atoms with Gasteiger partial charge in [0.2, 0.25) is 0 Å². The van der Waals surface area contributed by atoms with Crippen molar-refractivity contribution in [3.8, 4) is 0 Å². The lowest BCUT2D eigenvalue weighted by Crippen LogP contribution is -2.20. The monoisotopic (exact) mass is 308 g/mol. The molecule has 2 heterocycles. The summed E-state index contributed by atoms with van der Waals surface area (Å²) in [6.45, 7) is 6.49. The molecular formula is C14H20N4O2S. The summed E-state index contributed by atoms with van der Waals surface area (Å²) in [5.74, 6) is -0.0176. The van der Waals surface area contributed by atoms with Crippen LogP contribution in [0, 0.1) is 0 Å². The fraction of sp³-hybridized carbons (Fsp3) is 0.500. The summed E-state index contributed by atoms with van der Waals surface area (Å²) in [6, 6.07) is 0. The van der Waals surface area contributed by atoms with Crippen molar-refractivity contribution in [1.82, 2.24) is 14.5 Å². The first kappa shape index (κ1) is 15.5. The molecule has 2 aromatic heterocycles. The molecule has 0 saturated heterocycles. The summed E-state index contributed by atoms with van der Waals surface area (Å²) in [5, 5.41) is 10.1. The molecular weight excluding hydrogens is 288 g/mol. The van der Waals surface area contributed by atoms with Crippen LogP contribution in [0.3, 0.4) is 0 Å². The van der Waals surface area contributed by atoms with E-state index in [1.54, 1.807) is 6.20 Å². The summed E-state index contributed by atoms with van der Waals surface area (Å²) in [6.07, 6.45) is 3.63. The summed E-state index contributed by atoms with van der Waals surface area (Å²) in [7, 11) is 3.83. The molecule has 2 rings (SSSR count). The summed E-state index contributed by atoms with van der Waals surface area (Å²) in [5.41, 5.74) is 0.327. The number of carbonyl (C=O) groups is 1. The van der Waals surface area contributed by atoms with Gasteiger partial charge in [0.05, 0.1) is 12.2 Å². The largest absolute Gasteiger partial charge is 0.477 e. The minimum absolute atomic E-state index is 0.299. The van der Waals surface area contributed by atoms with E-state index in [2.05, 4.69) is 9.97 Å². The normalized spacial score (nSPS) is 11.7. The minimum Gasteiger partial charge on any atom is -0.477 e. The molecule has 0 saturated carbocycles. The lowest BCUT2D eigenvalue weighted by molar-refractivity contribution is 0.0699. The van der Waals surface area contributed by atoms with Crippen molar-refractivity contribution in [2.45, 2.75) is 32.7 Å². The van der Waals surface area contributed by atoms with Crippen molar-refractivity contribution in [2.24, 2.45) is 7.05 Å². The molecule has 0 fully saturated rings. The van der Waals surface area contributed by atoms with Gasteiger partial charge < -0.3 is 14.6 Å². The second-order valence-electron chi connectivity index (χ2n) is 6.04. The Hall–Kier alpha value is -1.89. The predicted molar refractivity (Wildman–Crippen MR) is 83.1 cm³/mol. The molecule has 0 amide bonds. The molecule has 0 spiro atoms. The van der Waals surface area contributed by atoms with Crippen LogP contribution in [0.2, 0.25) is 0 Å². The van der Waals surface area contributed by atoms with Crippen LogP contribution in [-0.4, -0.2) is 32.7 Å². The molecule has 0 bridgehead atoms. The fourth-order valence-electron chi connectivity index (χ4n) is 1.95. The second kappa shape index (κ2) is 5.48. The number of hydrogen-bond donors (Lipinski definition) is 1. The van der Waals surface area contributed by atoms with Gasteiger partial charge in [0.1, 0.15) is 10.7 Å². The Morgan fingerprint density at radius 1 is 1.48 bits per heavy atom. The van der Waals surface area contributed by atoms with E-state index in [0.29, 0.717) is 22.2 Å². The highest BCUT2D eigenvalue weighted by Gasteiger charge is 2.28. The first-order valence-corrected chi connectivity index (χ1v) is 7.43. The highest BCUT2D eigenvalue weighted by molar-refractivity contribution is 7.17. The molecule has 0 atom stereocenters. The van der Waals surface area contributed by atoms with Gasteiger partial charge in [0.15, 0.2) is 5.13 Å². The third kappa shape index (κ3) is 3.24. The number of thiazole rings is 1. The number of imidazole rings is 1. The second-order valence-corrected chi connectivity index (χ2v) is 7.02. The van der Waals surface area contributed by atoms with Gasteiger partial charge in [-0.1, -0.05) is 32.1 Å². The highest BCUT2D eigenvalue weighted by Crippen LogP contribution is 2.33. The maximum absolute atomic E-state index is 11.4. The molecule has 0 radical (unpaired) electrons. The Morgan fingerprint density at radius 2 is 2.14 bits per heavy atom. The lowest BCUT2D eigenvalue weighted by atomic mass is 9.91. The van der Waals surface area contributed by atoms with E-state index in [1.807, 2.05) is 50.5 Å². The molecule has 0 aliphatic rings. The number of aromatic nitrogens is 3. The number of rotatable bonds is 4. The van der Waals surface area contributed by atoms with Crippen molar-refractivity contribution in [2.75, 3.05) is 11.9 Å². The number of carboxylic acid groups (broad SMARTS) is 1. The first-order chi connectivity index (χ1) is 9.70. The summed E-state index contributed by atoms with van der Waals surface area (Å²) < 4.78 is 1.94. The third-order valence-corrected chi connectivity index (χ3v) is 4.30. The van der Waals surface area contributed by atoms with Crippen LogP contribution < -0.4 is 4.90 Å². The topological polar surface area (TPSA) is 71.2 Å². The van der Waals surface area contributed by atoms with Crippen LogP contribution in [0.25, 0.3) is 0 Å². The smallest absolute Gasteiger partial charge is 0.347 e. The number of aromatic carboxylic acids is 1. The quantitative estimate of drug-likeness (QED) is 0.939. The zero-order valence-corrected chi connectivity index (χ0v) is 13.7. The van der Waals surface area contributed by atoms with Gasteiger partial charge in [-0.05, 0) is 0 Å². The van der Waals surface area contributed by atoms with Crippen LogP contribution >= 0.6 is 11.3 Å². The van der Waals surface area contributed by atoms with Gasteiger partial charge in [-0.2, -0.15) is 0 Å². The number of anilines is 1. The Kier molecular flexibility index (Phi) is 4.04. The average molecular weight is 308 g/mol. The first-order valence-electron chi connectivity index (χ1n) is 6.62. The average Bonchev–Trinajstić information content (AvgIpc) is 2.95. The van der Waals surface area contributed by atoms with E-state index in [1.165, 1.54) is 11.3 Å². The zero-order valence-electron chi connectivity index (χ0n) is 12.9. The standard InChI is InChI=1S/C14H20N4O2S/c1-14(2,3)11-10(12(19)20)21-13(16-11)18(5)8-9-15-6-7-17(9)4/h6-7H,8H2,1-5H3,(H,19,20). The van der Waals surface area contributed by atoms with E-state index in [4.69, 9.17) is 0 Å². The van der Waals surface area contributed by atoms with E-state index < -0.39 is 5.97 Å². The van der Waals surface area contributed by atoms with E-state index in [0.717, 1.165) is 5.82 Å². The summed E-state index contributed by atoms with van der Waals surface area (Å²) in [4.78, 5) is 22.5. The van der Waals surface area contributed by atoms with E-state index in [-0.39, 0.29) is 5.41 Å². The molecule has 0 aliphatic carbocycles. The Labute approximate surface area is 128 Å². The highest BCUT2D eigenvalue weighted by atomic mass is 32.1. The number of aryl methyl sites for hydroxylation is 1. The van der Waals surface area contributed by atoms with Gasteiger partial charge in [-0.3, -0.25) is 0 Å².